The second kappa shape index (κ2) is 3.25. The van der Waals surface area contributed by atoms with Crippen molar-refractivity contribution in [2.24, 2.45) is 40.9 Å². The molecule has 0 heterocycles. The summed E-state index contributed by atoms with van der Waals surface area (Å²) < 4.78 is 0. The molecule has 0 amide bonds. The third kappa shape index (κ3) is 1.27. The lowest BCUT2D eigenvalue weighted by molar-refractivity contribution is 0.0587. The van der Waals surface area contributed by atoms with Gasteiger partial charge in [-0.1, -0.05) is 34.1 Å². The van der Waals surface area contributed by atoms with Crippen LogP contribution in [0.3, 0.4) is 0 Å². The van der Waals surface area contributed by atoms with E-state index in [-0.39, 0.29) is 6.10 Å². The number of aliphatic hydroxyl groups excluding tert-OH is 1. The minimum atomic E-state index is -0.0328. The molecule has 7 atom stereocenters. The summed E-state index contributed by atoms with van der Waals surface area (Å²) in [7, 11) is 0. The van der Waals surface area contributed by atoms with Gasteiger partial charge in [-0.05, 0) is 53.8 Å². The minimum absolute atomic E-state index is 0.0328. The van der Waals surface area contributed by atoms with Crippen LogP contribution in [0.15, 0.2) is 0 Å². The van der Waals surface area contributed by atoms with Gasteiger partial charge in [-0.2, -0.15) is 0 Å². The molecule has 0 aromatic heterocycles. The summed E-state index contributed by atoms with van der Waals surface area (Å²) >= 11 is 0. The van der Waals surface area contributed by atoms with Crippen LogP contribution in [0.2, 0.25) is 0 Å². The summed E-state index contributed by atoms with van der Waals surface area (Å²) in [5.41, 5.74) is 0.517. The molecule has 0 aromatic rings. The summed E-state index contributed by atoms with van der Waals surface area (Å²) in [5.74, 6) is 4.87. The molecular formula is C15H26O. The topological polar surface area (TPSA) is 20.2 Å². The van der Waals surface area contributed by atoms with Crippen molar-refractivity contribution in [1.82, 2.24) is 0 Å². The predicted octanol–water partition coefficient (Wildman–Crippen LogP) is 3.32. The number of fused-ring (bicyclic) bond motifs is 3. The Labute approximate surface area is 99.6 Å². The molecule has 16 heavy (non-hydrogen) atoms. The van der Waals surface area contributed by atoms with Crippen LogP contribution in [0.25, 0.3) is 0 Å². The van der Waals surface area contributed by atoms with Gasteiger partial charge in [0.2, 0.25) is 0 Å². The molecule has 1 heteroatoms. The fraction of sp³-hybridized carbons (Fsp3) is 1.00. The maximum Gasteiger partial charge on any atom is 0.0571 e. The highest BCUT2D eigenvalue weighted by atomic mass is 16.3. The number of rotatable bonds is 0. The zero-order valence-corrected chi connectivity index (χ0v) is 11.1. The van der Waals surface area contributed by atoms with Crippen LogP contribution in [-0.4, -0.2) is 11.2 Å². The predicted molar refractivity (Wildman–Crippen MR) is 65.9 cm³/mol. The zero-order chi connectivity index (χ0) is 11.7. The van der Waals surface area contributed by atoms with E-state index in [1.54, 1.807) is 0 Å². The normalized spacial score (nSPS) is 58.7. The van der Waals surface area contributed by atoms with Crippen molar-refractivity contribution in [3.05, 3.63) is 0 Å². The lowest BCUT2D eigenvalue weighted by Gasteiger charge is -2.30. The average Bonchev–Trinajstić information content (AvgIpc) is 2.58. The lowest BCUT2D eigenvalue weighted by atomic mass is 9.76. The summed E-state index contributed by atoms with van der Waals surface area (Å²) in [4.78, 5) is 0. The molecule has 0 unspecified atom stereocenters. The van der Waals surface area contributed by atoms with E-state index in [2.05, 4.69) is 27.7 Å². The SMILES string of the molecule is C[C@H]1[C@H]2CC[C@@H](C)[C@@H]2[C@@H]2[C@H](C[C@H]1O)C2(C)C. The van der Waals surface area contributed by atoms with Crippen molar-refractivity contribution < 1.29 is 5.11 Å². The lowest BCUT2D eigenvalue weighted by Crippen LogP contribution is -2.29. The molecule has 3 fully saturated rings. The van der Waals surface area contributed by atoms with E-state index < -0.39 is 0 Å². The monoisotopic (exact) mass is 222 g/mol. The van der Waals surface area contributed by atoms with Gasteiger partial charge in [-0.15, -0.1) is 0 Å². The fourth-order valence-corrected chi connectivity index (χ4v) is 5.26. The van der Waals surface area contributed by atoms with Crippen molar-refractivity contribution >= 4 is 0 Å². The maximum absolute atomic E-state index is 10.3. The van der Waals surface area contributed by atoms with Crippen molar-refractivity contribution in [2.45, 2.75) is 53.1 Å². The first-order valence-corrected chi connectivity index (χ1v) is 7.12. The van der Waals surface area contributed by atoms with Gasteiger partial charge in [-0.3, -0.25) is 0 Å². The Hall–Kier alpha value is -0.0400. The first-order chi connectivity index (χ1) is 7.44. The third-order valence-corrected chi connectivity index (χ3v) is 6.44. The van der Waals surface area contributed by atoms with E-state index in [1.807, 2.05) is 0 Å². The number of hydrogen-bond acceptors (Lipinski definition) is 1. The van der Waals surface area contributed by atoms with Crippen molar-refractivity contribution in [1.29, 1.82) is 0 Å². The summed E-state index contributed by atoms with van der Waals surface area (Å²) in [6.45, 7) is 9.58. The second-order valence-corrected chi connectivity index (χ2v) is 7.41. The van der Waals surface area contributed by atoms with Crippen LogP contribution in [0.5, 0.6) is 0 Å². The maximum atomic E-state index is 10.3. The summed E-state index contributed by atoms with van der Waals surface area (Å²) in [6.07, 6.45) is 3.79. The molecule has 3 saturated carbocycles. The molecule has 0 aromatic carbocycles. The summed E-state index contributed by atoms with van der Waals surface area (Å²) in [5, 5.41) is 10.3. The van der Waals surface area contributed by atoms with E-state index in [9.17, 15) is 5.11 Å². The van der Waals surface area contributed by atoms with E-state index in [0.717, 1.165) is 36.0 Å². The van der Waals surface area contributed by atoms with E-state index in [0.29, 0.717) is 11.3 Å². The van der Waals surface area contributed by atoms with Crippen LogP contribution in [0.4, 0.5) is 0 Å². The average molecular weight is 222 g/mol. The smallest absolute Gasteiger partial charge is 0.0571 e. The Morgan fingerprint density at radius 2 is 1.81 bits per heavy atom. The molecule has 0 radical (unpaired) electrons. The van der Waals surface area contributed by atoms with E-state index >= 15 is 0 Å². The first kappa shape index (κ1) is 11.1. The molecular weight excluding hydrogens is 196 g/mol. The Bertz CT molecular complexity index is 294. The van der Waals surface area contributed by atoms with Gasteiger partial charge in [0.25, 0.3) is 0 Å². The van der Waals surface area contributed by atoms with Gasteiger partial charge in [0.1, 0.15) is 0 Å². The molecule has 0 saturated heterocycles. The zero-order valence-electron chi connectivity index (χ0n) is 11.1. The molecule has 0 bridgehead atoms. The van der Waals surface area contributed by atoms with E-state index in [4.69, 9.17) is 0 Å². The number of hydrogen-bond donors (Lipinski definition) is 1. The highest BCUT2D eigenvalue weighted by molar-refractivity contribution is 5.13. The van der Waals surface area contributed by atoms with Gasteiger partial charge in [0, 0.05) is 0 Å². The highest BCUT2D eigenvalue weighted by Crippen LogP contribution is 2.70. The minimum Gasteiger partial charge on any atom is -0.393 e. The standard InChI is InChI=1S/C15H26O/c1-8-5-6-10-9(2)12(16)7-11-14(13(8)10)15(11,3)4/h8-14,16H,5-7H2,1-4H3/t8-,9+,10-,11+,12-,13+,14+/m1/s1. The first-order valence-electron chi connectivity index (χ1n) is 7.12. The van der Waals surface area contributed by atoms with Gasteiger partial charge >= 0.3 is 0 Å². The molecule has 1 N–H and O–H groups in total. The largest absolute Gasteiger partial charge is 0.393 e. The van der Waals surface area contributed by atoms with Crippen molar-refractivity contribution in [3.63, 3.8) is 0 Å². The molecule has 1 nitrogen and oxygen atoms in total. The van der Waals surface area contributed by atoms with Crippen LogP contribution < -0.4 is 0 Å². The Kier molecular flexibility index (Phi) is 2.25. The van der Waals surface area contributed by atoms with Gasteiger partial charge < -0.3 is 5.11 Å². The molecule has 0 aliphatic heterocycles. The second-order valence-electron chi connectivity index (χ2n) is 7.41. The highest BCUT2D eigenvalue weighted by Gasteiger charge is 2.65. The molecule has 3 rings (SSSR count). The summed E-state index contributed by atoms with van der Waals surface area (Å²) in [6, 6.07) is 0. The van der Waals surface area contributed by atoms with Crippen LogP contribution >= 0.6 is 0 Å². The quantitative estimate of drug-likeness (QED) is 0.666. The Balaban J connectivity index is 1.93. The van der Waals surface area contributed by atoms with Crippen molar-refractivity contribution in [3.8, 4) is 0 Å². The van der Waals surface area contributed by atoms with E-state index in [1.165, 1.54) is 12.8 Å². The van der Waals surface area contributed by atoms with Crippen molar-refractivity contribution in [2.75, 3.05) is 0 Å². The molecule has 3 aliphatic carbocycles. The van der Waals surface area contributed by atoms with Gasteiger partial charge in [0.05, 0.1) is 6.10 Å². The van der Waals surface area contributed by atoms with Gasteiger partial charge in [-0.25, -0.2) is 0 Å². The van der Waals surface area contributed by atoms with Gasteiger partial charge in [0.15, 0.2) is 0 Å². The number of aliphatic hydroxyl groups is 1. The van der Waals surface area contributed by atoms with Crippen LogP contribution in [0, 0.1) is 40.9 Å². The third-order valence-electron chi connectivity index (χ3n) is 6.44. The molecule has 3 aliphatic rings. The fourth-order valence-electron chi connectivity index (χ4n) is 5.26. The van der Waals surface area contributed by atoms with Crippen LogP contribution in [0.1, 0.15) is 47.0 Å². The molecule has 92 valence electrons. The Morgan fingerprint density at radius 3 is 2.50 bits per heavy atom. The van der Waals surface area contributed by atoms with Crippen LogP contribution in [-0.2, 0) is 0 Å². The Morgan fingerprint density at radius 1 is 1.12 bits per heavy atom. The molecule has 0 spiro atoms.